The van der Waals surface area contributed by atoms with Crippen molar-refractivity contribution in [3.63, 3.8) is 0 Å². The minimum atomic E-state index is -1.08. The van der Waals surface area contributed by atoms with Crippen LogP contribution >= 0.6 is 0 Å². The van der Waals surface area contributed by atoms with E-state index in [-0.39, 0.29) is 12.2 Å². The Morgan fingerprint density at radius 2 is 2.14 bits per heavy atom. The first-order valence-electron chi connectivity index (χ1n) is 6.77. The van der Waals surface area contributed by atoms with Gasteiger partial charge in [-0.2, -0.15) is 0 Å². The number of rotatable bonds is 4. The van der Waals surface area contributed by atoms with Gasteiger partial charge in [0.25, 0.3) is 0 Å². The average Bonchev–Trinajstić information content (AvgIpc) is 2.87. The summed E-state index contributed by atoms with van der Waals surface area (Å²) in [5.41, 5.74) is 7.31. The highest BCUT2D eigenvalue weighted by Crippen LogP contribution is 2.31. The maximum absolute atomic E-state index is 14.0. The van der Waals surface area contributed by atoms with Crippen molar-refractivity contribution in [2.45, 2.75) is 33.2 Å². The summed E-state index contributed by atoms with van der Waals surface area (Å²) in [6.07, 6.45) is 1.79. The molecule has 4 N–H and O–H groups in total. The topological polar surface area (TPSA) is 88.3 Å². The number of aryl methyl sites for hydroxylation is 1. The van der Waals surface area contributed by atoms with Crippen molar-refractivity contribution < 1.29 is 19.0 Å². The maximum atomic E-state index is 14.0. The number of aromatic amines is 1. The molecular formula is C15H21FN2O3. The van der Waals surface area contributed by atoms with Gasteiger partial charge >= 0.3 is 5.97 Å². The molecule has 116 valence electrons. The van der Waals surface area contributed by atoms with Crippen LogP contribution in [-0.2, 0) is 11.2 Å². The predicted molar refractivity (Wildman–Crippen MR) is 80.2 cm³/mol. The third kappa shape index (κ3) is 3.33. The van der Waals surface area contributed by atoms with Crippen molar-refractivity contribution in [3.05, 3.63) is 29.2 Å². The fraction of sp³-hybridized carbons (Fsp3) is 0.400. The molecule has 1 aromatic carbocycles. The minimum Gasteiger partial charge on any atom is -0.494 e. The molecule has 0 spiro atoms. The molecule has 1 atom stereocenters. The number of nitrogens with one attached hydrogen (secondary N) is 1. The number of hydrogen-bond donors (Lipinski definition) is 3. The number of methoxy groups -OCH3 is 1. The van der Waals surface area contributed by atoms with Crippen LogP contribution in [0.1, 0.15) is 25.0 Å². The molecule has 5 nitrogen and oxygen atoms in total. The van der Waals surface area contributed by atoms with Crippen LogP contribution in [0.15, 0.2) is 12.3 Å². The van der Waals surface area contributed by atoms with Crippen LogP contribution in [0.5, 0.6) is 5.75 Å². The summed E-state index contributed by atoms with van der Waals surface area (Å²) in [5, 5.41) is 9.49. The molecule has 2 rings (SSSR count). The molecular weight excluding hydrogens is 275 g/mol. The number of ether oxygens (including phenoxy) is 1. The fourth-order valence-corrected chi connectivity index (χ4v) is 2.16. The Bertz CT molecular complexity index is 637. The molecule has 0 amide bonds. The second-order valence-electron chi connectivity index (χ2n) is 4.40. The van der Waals surface area contributed by atoms with Gasteiger partial charge in [0.2, 0.25) is 0 Å². The highest BCUT2D eigenvalue weighted by molar-refractivity contribution is 5.89. The lowest BCUT2D eigenvalue weighted by Crippen LogP contribution is -2.32. The fourth-order valence-electron chi connectivity index (χ4n) is 2.16. The number of benzene rings is 1. The predicted octanol–water partition coefficient (Wildman–Crippen LogP) is 2.60. The number of carboxylic acid groups (broad SMARTS) is 1. The number of halogens is 1. The average molecular weight is 296 g/mol. The van der Waals surface area contributed by atoms with Gasteiger partial charge in [-0.3, -0.25) is 4.79 Å². The number of nitrogens with two attached hydrogens (primary N) is 1. The van der Waals surface area contributed by atoms with Crippen molar-refractivity contribution in [2.75, 3.05) is 7.11 Å². The van der Waals surface area contributed by atoms with Gasteiger partial charge in [0.05, 0.1) is 7.11 Å². The molecule has 0 aliphatic carbocycles. The lowest BCUT2D eigenvalue weighted by Gasteiger charge is -2.09. The molecule has 6 heteroatoms. The number of aliphatic carboxylic acids is 1. The summed E-state index contributed by atoms with van der Waals surface area (Å²) in [4.78, 5) is 13.8. The number of carbonyl (C=O) groups is 1. The molecule has 0 bridgehead atoms. The lowest BCUT2D eigenvalue weighted by atomic mass is 10.0. The van der Waals surface area contributed by atoms with Crippen LogP contribution in [0.4, 0.5) is 4.39 Å². The van der Waals surface area contributed by atoms with E-state index in [0.717, 1.165) is 0 Å². The summed E-state index contributed by atoms with van der Waals surface area (Å²) in [6, 6.07) is 0.538. The van der Waals surface area contributed by atoms with E-state index in [9.17, 15) is 9.18 Å². The van der Waals surface area contributed by atoms with Crippen molar-refractivity contribution in [2.24, 2.45) is 5.73 Å². The minimum absolute atomic E-state index is 0.141. The van der Waals surface area contributed by atoms with E-state index in [1.165, 1.54) is 7.11 Å². The Labute approximate surface area is 122 Å². The third-order valence-corrected chi connectivity index (χ3v) is 3.17. The Morgan fingerprint density at radius 3 is 2.67 bits per heavy atom. The quantitative estimate of drug-likeness (QED) is 0.809. The Morgan fingerprint density at radius 1 is 1.52 bits per heavy atom. The highest BCUT2D eigenvalue weighted by Gasteiger charge is 2.19. The molecule has 1 aromatic heterocycles. The third-order valence-electron chi connectivity index (χ3n) is 3.17. The molecule has 0 fully saturated rings. The number of carboxylic acids is 1. The molecule has 0 saturated carbocycles. The second kappa shape index (κ2) is 7.08. The van der Waals surface area contributed by atoms with Gasteiger partial charge in [-0.25, -0.2) is 4.39 Å². The zero-order valence-electron chi connectivity index (χ0n) is 12.7. The summed E-state index contributed by atoms with van der Waals surface area (Å²) in [7, 11) is 1.40. The summed E-state index contributed by atoms with van der Waals surface area (Å²) < 4.78 is 18.9. The Balaban J connectivity index is 0.00000106. The van der Waals surface area contributed by atoms with E-state index in [1.54, 1.807) is 19.2 Å². The first kappa shape index (κ1) is 17.0. The molecule has 0 radical (unpaired) electrons. The monoisotopic (exact) mass is 296 g/mol. The molecule has 1 heterocycles. The SMILES string of the molecule is CC.COc1cc2[nH]cc(CC(N)C(=O)O)c2c(C)c1F. The van der Waals surface area contributed by atoms with Gasteiger partial charge in [-0.15, -0.1) is 0 Å². The first-order chi connectivity index (χ1) is 9.95. The van der Waals surface area contributed by atoms with E-state index in [0.29, 0.717) is 22.0 Å². The molecule has 1 unspecified atom stereocenters. The highest BCUT2D eigenvalue weighted by atomic mass is 19.1. The van der Waals surface area contributed by atoms with Crippen molar-refractivity contribution in [3.8, 4) is 5.75 Å². The molecule has 21 heavy (non-hydrogen) atoms. The van der Waals surface area contributed by atoms with Crippen LogP contribution in [-0.4, -0.2) is 29.2 Å². The zero-order chi connectivity index (χ0) is 16.2. The Kier molecular flexibility index (Phi) is 5.72. The number of hydrogen-bond acceptors (Lipinski definition) is 3. The summed E-state index contributed by atoms with van der Waals surface area (Å²) >= 11 is 0. The van der Waals surface area contributed by atoms with Crippen LogP contribution < -0.4 is 10.5 Å². The standard InChI is InChI=1S/C13H15FN2O3.C2H6/c1-6-11-7(3-8(15)13(17)18)5-16-9(11)4-10(19-2)12(6)14;1-2/h4-5,8,16H,3,15H2,1-2H3,(H,17,18);1-2H3. The van der Waals surface area contributed by atoms with Gasteiger partial charge in [0, 0.05) is 29.6 Å². The molecule has 0 aliphatic heterocycles. The van der Waals surface area contributed by atoms with Crippen molar-refractivity contribution >= 4 is 16.9 Å². The van der Waals surface area contributed by atoms with Gasteiger partial charge in [0.15, 0.2) is 11.6 Å². The van der Waals surface area contributed by atoms with Crippen LogP contribution in [0.2, 0.25) is 0 Å². The normalized spacial score (nSPS) is 11.7. The molecule has 0 aliphatic rings. The van der Waals surface area contributed by atoms with Gasteiger partial charge in [-0.05, 0) is 18.1 Å². The number of fused-ring (bicyclic) bond motifs is 1. The summed E-state index contributed by atoms with van der Waals surface area (Å²) in [6.45, 7) is 5.63. The van der Waals surface area contributed by atoms with Gasteiger partial charge in [0.1, 0.15) is 6.04 Å². The first-order valence-corrected chi connectivity index (χ1v) is 6.77. The summed E-state index contributed by atoms with van der Waals surface area (Å²) in [5.74, 6) is -1.37. The van der Waals surface area contributed by atoms with Gasteiger partial charge in [-0.1, -0.05) is 13.8 Å². The maximum Gasteiger partial charge on any atom is 0.320 e. The van der Waals surface area contributed by atoms with Crippen LogP contribution in [0.3, 0.4) is 0 Å². The van der Waals surface area contributed by atoms with E-state index in [2.05, 4.69) is 4.98 Å². The second-order valence-corrected chi connectivity index (χ2v) is 4.40. The van der Waals surface area contributed by atoms with Crippen molar-refractivity contribution in [1.29, 1.82) is 0 Å². The van der Waals surface area contributed by atoms with Crippen LogP contribution in [0.25, 0.3) is 10.9 Å². The Hall–Kier alpha value is -2.08. The van der Waals surface area contributed by atoms with E-state index in [1.807, 2.05) is 13.8 Å². The molecule has 2 aromatic rings. The van der Waals surface area contributed by atoms with E-state index < -0.39 is 17.8 Å². The van der Waals surface area contributed by atoms with Gasteiger partial charge < -0.3 is 20.6 Å². The molecule has 0 saturated heterocycles. The lowest BCUT2D eigenvalue weighted by molar-refractivity contribution is -0.138. The van der Waals surface area contributed by atoms with E-state index in [4.69, 9.17) is 15.6 Å². The number of H-pyrrole nitrogens is 1. The largest absolute Gasteiger partial charge is 0.494 e. The smallest absolute Gasteiger partial charge is 0.320 e. The zero-order valence-corrected chi connectivity index (χ0v) is 12.7. The van der Waals surface area contributed by atoms with E-state index >= 15 is 0 Å². The van der Waals surface area contributed by atoms with Crippen molar-refractivity contribution in [1.82, 2.24) is 4.98 Å². The van der Waals surface area contributed by atoms with Crippen LogP contribution in [0, 0.1) is 12.7 Å². The number of aromatic nitrogens is 1.